The van der Waals surface area contributed by atoms with Gasteiger partial charge < -0.3 is 14.2 Å². The van der Waals surface area contributed by atoms with Gasteiger partial charge in [0.1, 0.15) is 5.76 Å². The molecule has 4 aromatic rings. The van der Waals surface area contributed by atoms with Crippen LogP contribution in [0.2, 0.25) is 0 Å². The first-order chi connectivity index (χ1) is 14.6. The summed E-state index contributed by atoms with van der Waals surface area (Å²) >= 11 is 0. The normalized spacial score (nSPS) is 18.0. The van der Waals surface area contributed by atoms with Gasteiger partial charge in [0.05, 0.1) is 29.0 Å². The number of nitrogens with one attached hydrogen (secondary N) is 1. The van der Waals surface area contributed by atoms with E-state index in [9.17, 15) is 0 Å². The number of hydrogen-bond acceptors (Lipinski definition) is 5. The van der Waals surface area contributed by atoms with E-state index >= 15 is 0 Å². The summed E-state index contributed by atoms with van der Waals surface area (Å²) in [4.78, 5) is 12.7. The maximum atomic E-state index is 5.68. The molecule has 0 radical (unpaired) electrons. The molecular formula is C24H24N4O2. The third-order valence-corrected chi connectivity index (χ3v) is 5.82. The van der Waals surface area contributed by atoms with Gasteiger partial charge in [0.25, 0.3) is 6.01 Å². The number of rotatable bonds is 4. The van der Waals surface area contributed by atoms with Crippen LogP contribution in [0.5, 0.6) is 6.01 Å². The molecular weight excluding hydrogens is 376 g/mol. The number of imidazole rings is 1. The van der Waals surface area contributed by atoms with Crippen LogP contribution in [-0.2, 0) is 0 Å². The molecule has 0 aliphatic heterocycles. The Morgan fingerprint density at radius 1 is 1.20 bits per heavy atom. The van der Waals surface area contributed by atoms with Gasteiger partial charge in [-0.25, -0.2) is 0 Å². The number of allylic oxidation sites excluding steroid dienone is 1. The Hall–Kier alpha value is -3.41. The summed E-state index contributed by atoms with van der Waals surface area (Å²) in [7, 11) is 0. The molecule has 0 fully saturated rings. The van der Waals surface area contributed by atoms with Crippen LogP contribution in [-0.4, -0.2) is 26.7 Å². The summed E-state index contributed by atoms with van der Waals surface area (Å²) in [5.74, 6) is 1.25. The lowest BCUT2D eigenvalue weighted by molar-refractivity contribution is 0.317. The number of ether oxygens (including phenoxy) is 1. The van der Waals surface area contributed by atoms with Crippen LogP contribution in [0.1, 0.15) is 48.0 Å². The van der Waals surface area contributed by atoms with Crippen molar-refractivity contribution in [3.63, 3.8) is 0 Å². The van der Waals surface area contributed by atoms with Crippen molar-refractivity contribution in [3.8, 4) is 17.1 Å². The standard InChI is InChI=1S/C24H24N4O2/c1-5-29-24-26-20-12-16(22-14(3)28-30-15(22)4)11-18(23(20)27-24)21-13(2)8-9-19-17(21)7-6-10-25-19/h6-13,21H,5H2,1-4H3,(H,26,27). The zero-order chi connectivity index (χ0) is 20.8. The summed E-state index contributed by atoms with van der Waals surface area (Å²) in [6, 6.07) is 9.03. The zero-order valence-electron chi connectivity index (χ0n) is 17.6. The van der Waals surface area contributed by atoms with E-state index in [4.69, 9.17) is 14.2 Å². The number of aromatic nitrogens is 4. The van der Waals surface area contributed by atoms with Crippen LogP contribution >= 0.6 is 0 Å². The molecule has 6 nitrogen and oxygen atoms in total. The molecule has 1 aromatic carbocycles. The fraction of sp³-hybridized carbons (Fsp3) is 0.292. The van der Waals surface area contributed by atoms with E-state index in [0.29, 0.717) is 18.5 Å². The predicted molar refractivity (Wildman–Crippen MR) is 117 cm³/mol. The number of aryl methyl sites for hydroxylation is 2. The van der Waals surface area contributed by atoms with Gasteiger partial charge in [-0.05, 0) is 67.7 Å². The maximum Gasteiger partial charge on any atom is 0.294 e. The summed E-state index contributed by atoms with van der Waals surface area (Å²) in [6.45, 7) is 8.67. The average molecular weight is 400 g/mol. The molecule has 0 bridgehead atoms. The molecule has 2 unspecified atom stereocenters. The van der Waals surface area contributed by atoms with Crippen LogP contribution in [0, 0.1) is 19.8 Å². The van der Waals surface area contributed by atoms with Crippen molar-refractivity contribution < 1.29 is 9.26 Å². The minimum Gasteiger partial charge on any atom is -0.465 e. The van der Waals surface area contributed by atoms with Crippen molar-refractivity contribution in [1.29, 1.82) is 0 Å². The highest BCUT2D eigenvalue weighted by atomic mass is 16.5. The average Bonchev–Trinajstić information content (AvgIpc) is 3.29. The lowest BCUT2D eigenvalue weighted by Crippen LogP contribution is -2.15. The number of fused-ring (bicyclic) bond motifs is 2. The lowest BCUT2D eigenvalue weighted by Gasteiger charge is -2.28. The quantitative estimate of drug-likeness (QED) is 0.495. The minimum absolute atomic E-state index is 0.138. The molecule has 30 heavy (non-hydrogen) atoms. The topological polar surface area (TPSA) is 76.8 Å². The van der Waals surface area contributed by atoms with Gasteiger partial charge in [0, 0.05) is 17.7 Å². The first kappa shape index (κ1) is 18.6. The van der Waals surface area contributed by atoms with Gasteiger partial charge in [-0.2, -0.15) is 4.98 Å². The Kier molecular flexibility index (Phi) is 4.42. The summed E-state index contributed by atoms with van der Waals surface area (Å²) in [6.07, 6.45) is 6.18. The molecule has 5 rings (SSSR count). The Labute approximate surface area is 175 Å². The van der Waals surface area contributed by atoms with E-state index in [1.54, 1.807) is 0 Å². The largest absolute Gasteiger partial charge is 0.465 e. The van der Waals surface area contributed by atoms with Gasteiger partial charge >= 0.3 is 0 Å². The van der Waals surface area contributed by atoms with Crippen molar-refractivity contribution in [2.24, 2.45) is 5.92 Å². The molecule has 152 valence electrons. The molecule has 1 N–H and O–H groups in total. The molecule has 0 amide bonds. The van der Waals surface area contributed by atoms with Gasteiger partial charge in [-0.1, -0.05) is 24.2 Å². The Morgan fingerprint density at radius 3 is 2.83 bits per heavy atom. The second-order valence-electron chi connectivity index (χ2n) is 7.81. The smallest absolute Gasteiger partial charge is 0.294 e. The van der Waals surface area contributed by atoms with Crippen LogP contribution in [0.3, 0.4) is 0 Å². The monoisotopic (exact) mass is 400 g/mol. The maximum absolute atomic E-state index is 5.68. The van der Waals surface area contributed by atoms with E-state index in [0.717, 1.165) is 44.9 Å². The molecule has 6 heteroatoms. The molecule has 1 aliphatic carbocycles. The second kappa shape index (κ2) is 7.13. The first-order valence-corrected chi connectivity index (χ1v) is 10.3. The highest BCUT2D eigenvalue weighted by molar-refractivity contribution is 5.87. The third kappa shape index (κ3) is 2.91. The molecule has 2 atom stereocenters. The van der Waals surface area contributed by atoms with E-state index < -0.39 is 0 Å². The number of benzene rings is 1. The first-order valence-electron chi connectivity index (χ1n) is 10.3. The molecule has 0 spiro atoms. The van der Waals surface area contributed by atoms with Crippen molar-refractivity contribution in [3.05, 3.63) is 64.8 Å². The van der Waals surface area contributed by atoms with Gasteiger partial charge in [0.2, 0.25) is 0 Å². The number of hydrogen-bond donors (Lipinski definition) is 1. The number of nitrogens with zero attached hydrogens (tertiary/aromatic N) is 3. The fourth-order valence-corrected chi connectivity index (χ4v) is 4.52. The molecule has 1 aliphatic rings. The van der Waals surface area contributed by atoms with Crippen molar-refractivity contribution >= 4 is 17.1 Å². The summed E-state index contributed by atoms with van der Waals surface area (Å²) in [5, 5.41) is 4.15. The van der Waals surface area contributed by atoms with Gasteiger partial charge in [-0.3, -0.25) is 4.98 Å². The highest BCUT2D eigenvalue weighted by Crippen LogP contribution is 2.43. The number of aromatic amines is 1. The van der Waals surface area contributed by atoms with E-state index in [2.05, 4.69) is 52.4 Å². The van der Waals surface area contributed by atoms with Crippen LogP contribution in [0.15, 0.2) is 41.1 Å². The SMILES string of the molecule is CCOc1nc2c(C3c4cccnc4C=CC3C)cc(-c3c(C)noc3C)cc2[nH]1. The third-order valence-electron chi connectivity index (χ3n) is 5.82. The van der Waals surface area contributed by atoms with E-state index in [1.807, 2.05) is 33.0 Å². The van der Waals surface area contributed by atoms with Crippen LogP contribution in [0.25, 0.3) is 28.2 Å². The van der Waals surface area contributed by atoms with E-state index in [-0.39, 0.29) is 5.92 Å². The molecule has 0 saturated heterocycles. The summed E-state index contributed by atoms with van der Waals surface area (Å²) in [5.41, 5.74) is 8.21. The Balaban J connectivity index is 1.79. The van der Waals surface area contributed by atoms with Crippen molar-refractivity contribution in [1.82, 2.24) is 20.1 Å². The highest BCUT2D eigenvalue weighted by Gasteiger charge is 2.29. The predicted octanol–water partition coefficient (Wildman–Crippen LogP) is 5.42. The number of H-pyrrole nitrogens is 1. The van der Waals surface area contributed by atoms with Crippen LogP contribution in [0.4, 0.5) is 0 Å². The van der Waals surface area contributed by atoms with Crippen molar-refractivity contribution in [2.45, 2.75) is 33.6 Å². The fourth-order valence-electron chi connectivity index (χ4n) is 4.52. The zero-order valence-corrected chi connectivity index (χ0v) is 17.6. The van der Waals surface area contributed by atoms with Crippen molar-refractivity contribution in [2.75, 3.05) is 6.61 Å². The van der Waals surface area contributed by atoms with Gasteiger partial charge in [0.15, 0.2) is 0 Å². The molecule has 0 saturated carbocycles. The molecule has 3 heterocycles. The lowest BCUT2D eigenvalue weighted by atomic mass is 9.76. The van der Waals surface area contributed by atoms with Gasteiger partial charge in [-0.15, -0.1) is 0 Å². The van der Waals surface area contributed by atoms with E-state index in [1.165, 1.54) is 5.56 Å². The Bertz CT molecular complexity index is 1250. The molecule has 3 aromatic heterocycles. The Morgan fingerprint density at radius 2 is 2.07 bits per heavy atom. The second-order valence-corrected chi connectivity index (χ2v) is 7.81. The van der Waals surface area contributed by atoms with Crippen LogP contribution < -0.4 is 4.74 Å². The number of pyridine rings is 1. The summed E-state index contributed by atoms with van der Waals surface area (Å²) < 4.78 is 11.1. The minimum atomic E-state index is 0.138.